The molecule has 28 heavy (non-hydrogen) atoms. The predicted molar refractivity (Wildman–Crippen MR) is 108 cm³/mol. The van der Waals surface area contributed by atoms with Crippen molar-refractivity contribution >= 4 is 28.6 Å². The van der Waals surface area contributed by atoms with Crippen molar-refractivity contribution < 1.29 is 9.53 Å². The summed E-state index contributed by atoms with van der Waals surface area (Å²) in [5.41, 5.74) is 2.47. The monoisotopic (exact) mass is 393 g/mol. The van der Waals surface area contributed by atoms with E-state index in [2.05, 4.69) is 11.1 Å². The van der Waals surface area contributed by atoms with Crippen LogP contribution in [0.2, 0.25) is 0 Å². The van der Waals surface area contributed by atoms with Gasteiger partial charge in [0.25, 0.3) is 5.56 Å². The van der Waals surface area contributed by atoms with E-state index in [0.717, 1.165) is 10.5 Å². The van der Waals surface area contributed by atoms with E-state index >= 15 is 0 Å². The van der Waals surface area contributed by atoms with E-state index in [1.807, 2.05) is 32.0 Å². The third-order valence-electron chi connectivity index (χ3n) is 4.21. The summed E-state index contributed by atoms with van der Waals surface area (Å²) in [6.45, 7) is 3.71. The third-order valence-corrected chi connectivity index (χ3v) is 5.36. The van der Waals surface area contributed by atoms with Gasteiger partial charge in [-0.15, -0.1) is 11.8 Å². The maximum absolute atomic E-state index is 12.6. The van der Waals surface area contributed by atoms with Gasteiger partial charge in [-0.2, -0.15) is 5.26 Å². The molecule has 0 fully saturated rings. The number of fused-ring (bicyclic) bond motifs is 1. The Bertz CT molecular complexity index is 1130. The Kier molecular flexibility index (Phi) is 6.12. The molecule has 0 atom stereocenters. The first-order valence-corrected chi connectivity index (χ1v) is 9.69. The standard InChI is InChI=1S/C21H19N3O3S/c1-14-7-8-18(15(2)11-14)28-13-20(25)27-12-19-23-17-6-4-3-5-16(17)21(26)24(19)10-9-22/h3-8,11H,10,12-13H2,1-2H3. The van der Waals surface area contributed by atoms with E-state index in [1.54, 1.807) is 24.3 Å². The van der Waals surface area contributed by atoms with Crippen LogP contribution in [0.15, 0.2) is 52.2 Å². The molecule has 0 amide bonds. The molecule has 3 aromatic rings. The van der Waals surface area contributed by atoms with E-state index in [4.69, 9.17) is 10.00 Å². The molecule has 0 aliphatic heterocycles. The number of para-hydroxylation sites is 1. The number of hydrogen-bond donors (Lipinski definition) is 0. The number of ether oxygens (including phenoxy) is 1. The average Bonchev–Trinajstić information content (AvgIpc) is 2.68. The molecule has 0 saturated heterocycles. The van der Waals surface area contributed by atoms with Crippen molar-refractivity contribution in [2.24, 2.45) is 0 Å². The zero-order valence-corrected chi connectivity index (χ0v) is 16.5. The molecule has 0 N–H and O–H groups in total. The molecule has 3 rings (SSSR count). The number of hydrogen-bond acceptors (Lipinski definition) is 6. The third kappa shape index (κ3) is 4.41. The van der Waals surface area contributed by atoms with Gasteiger partial charge in [-0.25, -0.2) is 4.98 Å². The molecule has 0 bridgehead atoms. The minimum Gasteiger partial charge on any atom is -0.457 e. The van der Waals surface area contributed by atoms with Crippen molar-refractivity contribution in [2.45, 2.75) is 31.9 Å². The number of carbonyl (C=O) groups excluding carboxylic acids is 1. The number of esters is 1. The van der Waals surface area contributed by atoms with Crippen LogP contribution in [0.1, 0.15) is 17.0 Å². The van der Waals surface area contributed by atoms with Crippen LogP contribution in [-0.4, -0.2) is 21.3 Å². The molecule has 0 aliphatic rings. The summed E-state index contributed by atoms with van der Waals surface area (Å²) in [5.74, 6) is 0.00553. The van der Waals surface area contributed by atoms with E-state index < -0.39 is 5.97 Å². The maximum Gasteiger partial charge on any atom is 0.316 e. The van der Waals surface area contributed by atoms with Gasteiger partial charge in [0.2, 0.25) is 0 Å². The van der Waals surface area contributed by atoms with E-state index in [-0.39, 0.29) is 30.3 Å². The van der Waals surface area contributed by atoms with Crippen LogP contribution in [0.4, 0.5) is 0 Å². The summed E-state index contributed by atoms with van der Waals surface area (Å²) in [4.78, 5) is 30.2. The van der Waals surface area contributed by atoms with Crippen LogP contribution < -0.4 is 5.56 Å². The quantitative estimate of drug-likeness (QED) is 0.471. The van der Waals surface area contributed by atoms with Gasteiger partial charge in [0.15, 0.2) is 5.82 Å². The number of nitrogens with zero attached hydrogens (tertiary/aromatic N) is 3. The predicted octanol–water partition coefficient (Wildman–Crippen LogP) is 3.37. The number of nitriles is 1. The summed E-state index contributed by atoms with van der Waals surface area (Å²) in [7, 11) is 0. The Morgan fingerprint density at radius 1 is 1.25 bits per heavy atom. The summed E-state index contributed by atoms with van der Waals surface area (Å²) in [6.07, 6.45) is 0. The number of aromatic nitrogens is 2. The number of aryl methyl sites for hydroxylation is 2. The van der Waals surface area contributed by atoms with Crippen LogP contribution in [0.5, 0.6) is 0 Å². The van der Waals surface area contributed by atoms with Gasteiger partial charge in [-0.3, -0.25) is 14.2 Å². The molecular weight excluding hydrogens is 374 g/mol. The Labute approximate surface area is 166 Å². The van der Waals surface area contributed by atoms with Crippen LogP contribution in [0.3, 0.4) is 0 Å². The lowest BCUT2D eigenvalue weighted by atomic mass is 10.2. The average molecular weight is 393 g/mol. The highest BCUT2D eigenvalue weighted by atomic mass is 32.2. The summed E-state index contributed by atoms with van der Waals surface area (Å²) >= 11 is 1.40. The smallest absolute Gasteiger partial charge is 0.316 e. The minimum atomic E-state index is -0.407. The van der Waals surface area contributed by atoms with Crippen LogP contribution in [-0.2, 0) is 22.7 Å². The normalized spacial score (nSPS) is 10.6. The second-order valence-corrected chi connectivity index (χ2v) is 7.33. The summed E-state index contributed by atoms with van der Waals surface area (Å²) in [6, 6.07) is 14.9. The molecule has 1 aromatic heterocycles. The largest absolute Gasteiger partial charge is 0.457 e. The molecule has 0 radical (unpaired) electrons. The highest BCUT2D eigenvalue weighted by Crippen LogP contribution is 2.23. The minimum absolute atomic E-state index is 0.152. The lowest BCUT2D eigenvalue weighted by Crippen LogP contribution is -2.26. The Morgan fingerprint density at radius 2 is 2.04 bits per heavy atom. The number of thioether (sulfide) groups is 1. The molecule has 0 spiro atoms. The molecular formula is C21H19N3O3S. The molecule has 2 aromatic carbocycles. The Hall–Kier alpha value is -3.11. The maximum atomic E-state index is 12.6. The topological polar surface area (TPSA) is 85.0 Å². The SMILES string of the molecule is Cc1ccc(SCC(=O)OCc2nc3ccccc3c(=O)n2CC#N)c(C)c1. The fourth-order valence-electron chi connectivity index (χ4n) is 2.84. The summed E-state index contributed by atoms with van der Waals surface area (Å²) < 4.78 is 6.56. The van der Waals surface area contributed by atoms with Crippen molar-refractivity contribution in [3.63, 3.8) is 0 Å². The molecule has 0 unspecified atom stereocenters. The first-order valence-electron chi connectivity index (χ1n) is 8.70. The number of carbonyl (C=O) groups is 1. The molecule has 0 aliphatic carbocycles. The van der Waals surface area contributed by atoms with Crippen molar-refractivity contribution in [2.75, 3.05) is 5.75 Å². The lowest BCUT2D eigenvalue weighted by molar-refractivity contribution is -0.142. The zero-order valence-electron chi connectivity index (χ0n) is 15.6. The van der Waals surface area contributed by atoms with Crippen LogP contribution in [0, 0.1) is 25.2 Å². The van der Waals surface area contributed by atoms with Crippen molar-refractivity contribution in [3.05, 3.63) is 69.8 Å². The van der Waals surface area contributed by atoms with Gasteiger partial charge >= 0.3 is 5.97 Å². The van der Waals surface area contributed by atoms with Gasteiger partial charge in [0, 0.05) is 4.90 Å². The van der Waals surface area contributed by atoms with Crippen LogP contribution in [0.25, 0.3) is 10.9 Å². The fourth-order valence-corrected chi connectivity index (χ4v) is 3.65. The van der Waals surface area contributed by atoms with Crippen LogP contribution >= 0.6 is 11.8 Å². The van der Waals surface area contributed by atoms with Gasteiger partial charge < -0.3 is 4.74 Å². The molecule has 7 heteroatoms. The Balaban J connectivity index is 1.72. The van der Waals surface area contributed by atoms with Gasteiger partial charge in [-0.1, -0.05) is 29.8 Å². The highest BCUT2D eigenvalue weighted by Gasteiger charge is 2.13. The first-order chi connectivity index (χ1) is 13.5. The Morgan fingerprint density at radius 3 is 2.79 bits per heavy atom. The molecule has 6 nitrogen and oxygen atoms in total. The zero-order chi connectivity index (χ0) is 20.1. The highest BCUT2D eigenvalue weighted by molar-refractivity contribution is 8.00. The second-order valence-electron chi connectivity index (χ2n) is 6.31. The van der Waals surface area contributed by atoms with Crippen molar-refractivity contribution in [1.29, 1.82) is 5.26 Å². The fraction of sp³-hybridized carbons (Fsp3) is 0.238. The molecule has 0 saturated carbocycles. The van der Waals surface area contributed by atoms with E-state index in [1.165, 1.54) is 21.9 Å². The van der Waals surface area contributed by atoms with Gasteiger partial charge in [0.05, 0.1) is 22.7 Å². The number of benzene rings is 2. The van der Waals surface area contributed by atoms with E-state index in [9.17, 15) is 9.59 Å². The number of rotatable bonds is 6. The van der Waals surface area contributed by atoms with Crippen molar-refractivity contribution in [3.8, 4) is 6.07 Å². The summed E-state index contributed by atoms with van der Waals surface area (Å²) in [5, 5.41) is 9.45. The molecule has 1 heterocycles. The first kappa shape index (κ1) is 19.6. The van der Waals surface area contributed by atoms with Gasteiger partial charge in [-0.05, 0) is 37.6 Å². The lowest BCUT2D eigenvalue weighted by Gasteiger charge is -2.11. The second kappa shape index (κ2) is 8.72. The molecule has 142 valence electrons. The van der Waals surface area contributed by atoms with E-state index in [0.29, 0.717) is 10.9 Å². The van der Waals surface area contributed by atoms with Crippen molar-refractivity contribution in [1.82, 2.24) is 9.55 Å². The van der Waals surface area contributed by atoms with Gasteiger partial charge in [0.1, 0.15) is 13.2 Å².